The lowest BCUT2D eigenvalue weighted by Crippen LogP contribution is -2.39. The summed E-state index contributed by atoms with van der Waals surface area (Å²) in [6.07, 6.45) is 3.48. The molecule has 0 aliphatic rings. The van der Waals surface area contributed by atoms with Crippen LogP contribution in [-0.2, 0) is 0 Å². The minimum Gasteiger partial charge on any atom is -0.393 e. The van der Waals surface area contributed by atoms with E-state index in [1.165, 1.54) is 12.4 Å². The average Bonchev–Trinajstić information content (AvgIpc) is 2.29. The van der Waals surface area contributed by atoms with Crippen LogP contribution in [0, 0.1) is 0 Å². The molecule has 1 aromatic rings. The van der Waals surface area contributed by atoms with Gasteiger partial charge < -0.3 is 10.6 Å². The van der Waals surface area contributed by atoms with Gasteiger partial charge in [0.1, 0.15) is 0 Å². The van der Waals surface area contributed by atoms with Crippen molar-refractivity contribution in [1.29, 1.82) is 0 Å². The molecule has 0 aromatic carbocycles. The van der Waals surface area contributed by atoms with Crippen LogP contribution in [-0.4, -0.2) is 38.6 Å². The van der Waals surface area contributed by atoms with E-state index in [9.17, 15) is 4.79 Å². The summed E-state index contributed by atoms with van der Waals surface area (Å²) in [5.41, 5.74) is 5.98. The Balaban J connectivity index is 2.77. The quantitative estimate of drug-likeness (QED) is 0.792. The van der Waals surface area contributed by atoms with Crippen LogP contribution in [0.25, 0.3) is 0 Å². The molecule has 0 radical (unpaired) electrons. The maximum absolute atomic E-state index is 12.2. The molecule has 0 aliphatic heterocycles. The van der Waals surface area contributed by atoms with Gasteiger partial charge in [0, 0.05) is 19.0 Å². The Bertz CT molecular complexity index is 394. The molecular weight excluding hydrogens is 236 g/mol. The zero-order valence-corrected chi connectivity index (χ0v) is 10.8. The van der Waals surface area contributed by atoms with Crippen molar-refractivity contribution < 1.29 is 4.79 Å². The molecule has 2 N–H and O–H groups in total. The summed E-state index contributed by atoms with van der Waals surface area (Å²) in [5.74, 6) is -0.0776. The lowest BCUT2D eigenvalue weighted by molar-refractivity contribution is 0.0711. The highest BCUT2D eigenvalue weighted by atomic mass is 32.1. The van der Waals surface area contributed by atoms with Gasteiger partial charge in [-0.1, -0.05) is 12.2 Å². The van der Waals surface area contributed by atoms with Gasteiger partial charge in [0.05, 0.1) is 22.9 Å². The smallest absolute Gasteiger partial charge is 0.255 e. The fourth-order valence-corrected chi connectivity index (χ4v) is 1.50. The zero-order chi connectivity index (χ0) is 12.8. The average molecular weight is 252 g/mol. The van der Waals surface area contributed by atoms with Crippen molar-refractivity contribution >= 4 is 23.1 Å². The maximum atomic E-state index is 12.2. The summed E-state index contributed by atoms with van der Waals surface area (Å²) in [6.45, 7) is 4.42. The number of hydrogen-bond acceptors (Lipinski definition) is 4. The van der Waals surface area contributed by atoms with Gasteiger partial charge in [-0.15, -0.1) is 0 Å². The Labute approximate surface area is 106 Å². The molecule has 5 nitrogen and oxygen atoms in total. The van der Waals surface area contributed by atoms with Gasteiger partial charge >= 0.3 is 0 Å². The fourth-order valence-electron chi connectivity index (χ4n) is 1.41. The topological polar surface area (TPSA) is 72.1 Å². The molecule has 0 saturated heterocycles. The first-order valence-electron chi connectivity index (χ1n) is 5.38. The standard InChI is InChI=1S/C11H16N4OS/c1-8(2)15(6-4-10(12)17)11(16)9-3-5-13-14-7-9/h3,5,7-8H,4,6H2,1-2H3,(H2,12,17). The molecule has 0 bridgehead atoms. The van der Waals surface area contributed by atoms with Crippen LogP contribution in [0.2, 0.25) is 0 Å². The molecule has 0 fully saturated rings. The van der Waals surface area contributed by atoms with Crippen molar-refractivity contribution in [3.63, 3.8) is 0 Å². The Morgan fingerprint density at radius 3 is 2.71 bits per heavy atom. The van der Waals surface area contributed by atoms with E-state index in [1.807, 2.05) is 13.8 Å². The van der Waals surface area contributed by atoms with Crippen molar-refractivity contribution in [2.45, 2.75) is 26.3 Å². The van der Waals surface area contributed by atoms with Crippen molar-refractivity contribution in [3.05, 3.63) is 24.0 Å². The molecule has 17 heavy (non-hydrogen) atoms. The SMILES string of the molecule is CC(C)N(CCC(N)=S)C(=O)c1ccnnc1. The molecule has 92 valence electrons. The number of nitrogens with two attached hydrogens (primary N) is 1. The summed E-state index contributed by atoms with van der Waals surface area (Å²) >= 11 is 4.82. The monoisotopic (exact) mass is 252 g/mol. The van der Waals surface area contributed by atoms with Crippen molar-refractivity contribution in [2.75, 3.05) is 6.54 Å². The second kappa shape index (κ2) is 6.24. The van der Waals surface area contributed by atoms with Crippen molar-refractivity contribution in [1.82, 2.24) is 15.1 Å². The van der Waals surface area contributed by atoms with Crippen LogP contribution >= 0.6 is 12.2 Å². The maximum Gasteiger partial charge on any atom is 0.255 e. The lowest BCUT2D eigenvalue weighted by atomic mass is 10.2. The molecule has 1 rings (SSSR count). The number of hydrogen-bond donors (Lipinski definition) is 1. The summed E-state index contributed by atoms with van der Waals surface area (Å²) in [6, 6.07) is 1.73. The summed E-state index contributed by atoms with van der Waals surface area (Å²) in [7, 11) is 0. The fraction of sp³-hybridized carbons (Fsp3) is 0.455. The van der Waals surface area contributed by atoms with Crippen LogP contribution in [0.1, 0.15) is 30.6 Å². The number of thiocarbonyl (C=S) groups is 1. The number of rotatable bonds is 5. The first kappa shape index (κ1) is 13.5. The third-order valence-electron chi connectivity index (χ3n) is 2.31. The van der Waals surface area contributed by atoms with Gasteiger partial charge in [0.25, 0.3) is 5.91 Å². The molecule has 1 heterocycles. The molecule has 0 saturated carbocycles. The van der Waals surface area contributed by atoms with E-state index in [0.29, 0.717) is 23.5 Å². The summed E-state index contributed by atoms with van der Waals surface area (Å²) in [5, 5.41) is 7.34. The first-order valence-corrected chi connectivity index (χ1v) is 5.79. The molecule has 0 aliphatic carbocycles. The van der Waals surface area contributed by atoms with E-state index in [1.54, 1.807) is 11.0 Å². The van der Waals surface area contributed by atoms with E-state index in [-0.39, 0.29) is 11.9 Å². The molecule has 0 unspecified atom stereocenters. The van der Waals surface area contributed by atoms with Crippen LogP contribution < -0.4 is 5.73 Å². The molecule has 0 atom stereocenters. The predicted octanol–water partition coefficient (Wildman–Crippen LogP) is 1.00. The molecular formula is C11H16N4OS. The van der Waals surface area contributed by atoms with E-state index < -0.39 is 0 Å². The number of carbonyl (C=O) groups is 1. The van der Waals surface area contributed by atoms with Crippen LogP contribution in [0.3, 0.4) is 0 Å². The van der Waals surface area contributed by atoms with Crippen LogP contribution in [0.15, 0.2) is 18.5 Å². The molecule has 1 amide bonds. The second-order valence-corrected chi connectivity index (χ2v) is 4.46. The van der Waals surface area contributed by atoms with Gasteiger partial charge in [0.15, 0.2) is 0 Å². The number of carbonyl (C=O) groups excluding carboxylic acids is 1. The lowest BCUT2D eigenvalue weighted by Gasteiger charge is -2.26. The minimum absolute atomic E-state index is 0.0776. The highest BCUT2D eigenvalue weighted by molar-refractivity contribution is 7.80. The molecule has 0 spiro atoms. The molecule has 6 heteroatoms. The van der Waals surface area contributed by atoms with E-state index in [2.05, 4.69) is 10.2 Å². The van der Waals surface area contributed by atoms with Gasteiger partial charge in [-0.05, 0) is 19.9 Å². The minimum atomic E-state index is -0.0776. The predicted molar refractivity (Wildman–Crippen MR) is 69.6 cm³/mol. The zero-order valence-electron chi connectivity index (χ0n) is 9.96. The van der Waals surface area contributed by atoms with Gasteiger partial charge in [-0.3, -0.25) is 4.79 Å². The Hall–Kier alpha value is -1.56. The van der Waals surface area contributed by atoms with Crippen LogP contribution in [0.4, 0.5) is 0 Å². The second-order valence-electron chi connectivity index (χ2n) is 3.94. The Morgan fingerprint density at radius 1 is 1.53 bits per heavy atom. The number of nitrogens with zero attached hydrogens (tertiary/aromatic N) is 3. The third kappa shape index (κ3) is 4.07. The highest BCUT2D eigenvalue weighted by Gasteiger charge is 2.18. The first-order chi connectivity index (χ1) is 8.02. The van der Waals surface area contributed by atoms with Crippen LogP contribution in [0.5, 0.6) is 0 Å². The van der Waals surface area contributed by atoms with E-state index in [4.69, 9.17) is 18.0 Å². The number of amides is 1. The summed E-state index contributed by atoms with van der Waals surface area (Å²) in [4.78, 5) is 14.3. The number of aromatic nitrogens is 2. The largest absolute Gasteiger partial charge is 0.393 e. The van der Waals surface area contributed by atoms with Crippen molar-refractivity contribution in [2.24, 2.45) is 5.73 Å². The van der Waals surface area contributed by atoms with Gasteiger partial charge in [-0.25, -0.2) is 0 Å². The summed E-state index contributed by atoms with van der Waals surface area (Å²) < 4.78 is 0. The highest BCUT2D eigenvalue weighted by Crippen LogP contribution is 2.07. The van der Waals surface area contributed by atoms with Gasteiger partial charge in [0.2, 0.25) is 0 Å². The van der Waals surface area contributed by atoms with Crippen molar-refractivity contribution in [3.8, 4) is 0 Å². The van der Waals surface area contributed by atoms with E-state index >= 15 is 0 Å². The normalized spacial score (nSPS) is 10.3. The molecule has 1 aromatic heterocycles. The Kier molecular flexibility index (Phi) is 4.96. The Morgan fingerprint density at radius 2 is 2.24 bits per heavy atom. The third-order valence-corrected chi connectivity index (χ3v) is 2.52. The van der Waals surface area contributed by atoms with Gasteiger partial charge in [-0.2, -0.15) is 10.2 Å². The van der Waals surface area contributed by atoms with E-state index in [0.717, 1.165) is 0 Å².